The Balaban J connectivity index is 1.48. The number of aryl methyl sites for hydroxylation is 1. The molecule has 0 aliphatic rings. The molecule has 0 heterocycles. The molecule has 5 heteroatoms. The Morgan fingerprint density at radius 1 is 0.788 bits per heavy atom. The second-order valence-corrected chi connectivity index (χ2v) is 8.08. The normalized spacial score (nSPS) is 10.5. The van der Waals surface area contributed by atoms with Crippen molar-refractivity contribution in [3.8, 4) is 11.5 Å². The van der Waals surface area contributed by atoms with Gasteiger partial charge < -0.3 is 14.2 Å². The fraction of sp³-hybridized carbons (Fsp3) is 0.429. The maximum atomic E-state index is 12.3. The van der Waals surface area contributed by atoms with E-state index in [0.29, 0.717) is 24.5 Å². The first-order valence-electron chi connectivity index (χ1n) is 11.9. The Morgan fingerprint density at radius 2 is 1.36 bits per heavy atom. The van der Waals surface area contributed by atoms with Gasteiger partial charge in [0, 0.05) is 6.08 Å². The third kappa shape index (κ3) is 10.9. The highest BCUT2D eigenvalue weighted by atomic mass is 16.5. The summed E-state index contributed by atoms with van der Waals surface area (Å²) in [6.07, 6.45) is 11.5. The van der Waals surface area contributed by atoms with E-state index in [0.717, 1.165) is 37.0 Å². The molecule has 5 nitrogen and oxygen atoms in total. The summed E-state index contributed by atoms with van der Waals surface area (Å²) in [5.41, 5.74) is 1.43. The molecule has 0 saturated heterocycles. The maximum absolute atomic E-state index is 12.3. The molecule has 0 radical (unpaired) electrons. The second-order valence-electron chi connectivity index (χ2n) is 8.08. The number of para-hydroxylation sites is 1. The molecule has 178 valence electrons. The van der Waals surface area contributed by atoms with Gasteiger partial charge >= 0.3 is 11.9 Å². The monoisotopic (exact) mass is 452 g/mol. The Bertz CT molecular complexity index is 857. The van der Waals surface area contributed by atoms with Crippen LogP contribution in [-0.4, -0.2) is 25.2 Å². The number of esters is 2. The standard InChI is InChI=1S/C28H36O5/c1-3-27(29)32-22-14-10-8-6-4-5-7-9-13-21-31-25-19-17-24(18-20-25)28(30)33-26-16-12-11-15-23(26)2/h3,11-12,15-20H,1,4-10,13-14,21-22H2,2H3. The molecule has 0 fully saturated rings. The first kappa shape index (κ1) is 26.2. The number of carbonyl (C=O) groups excluding carboxylic acids is 2. The van der Waals surface area contributed by atoms with E-state index in [2.05, 4.69) is 6.58 Å². The molecule has 0 aliphatic heterocycles. The van der Waals surface area contributed by atoms with Gasteiger partial charge in [-0.2, -0.15) is 0 Å². The van der Waals surface area contributed by atoms with Crippen molar-refractivity contribution < 1.29 is 23.8 Å². The number of ether oxygens (including phenoxy) is 3. The van der Waals surface area contributed by atoms with Crippen LogP contribution in [0.3, 0.4) is 0 Å². The fourth-order valence-electron chi connectivity index (χ4n) is 3.38. The van der Waals surface area contributed by atoms with Crippen molar-refractivity contribution in [3.63, 3.8) is 0 Å². The summed E-state index contributed by atoms with van der Waals surface area (Å²) in [6, 6.07) is 14.6. The predicted molar refractivity (Wildman–Crippen MR) is 131 cm³/mol. The zero-order valence-corrected chi connectivity index (χ0v) is 19.7. The van der Waals surface area contributed by atoms with Gasteiger partial charge in [0.05, 0.1) is 18.8 Å². The summed E-state index contributed by atoms with van der Waals surface area (Å²) in [5.74, 6) is 0.636. The fourth-order valence-corrected chi connectivity index (χ4v) is 3.38. The molecule has 0 N–H and O–H groups in total. The van der Waals surface area contributed by atoms with Gasteiger partial charge in [0.15, 0.2) is 0 Å². The van der Waals surface area contributed by atoms with Gasteiger partial charge in [-0.05, 0) is 55.7 Å². The molecule has 0 atom stereocenters. The molecule has 0 bridgehead atoms. The van der Waals surface area contributed by atoms with Gasteiger partial charge in [-0.15, -0.1) is 0 Å². The first-order valence-corrected chi connectivity index (χ1v) is 11.9. The minimum atomic E-state index is -0.369. The van der Waals surface area contributed by atoms with E-state index in [4.69, 9.17) is 14.2 Å². The average molecular weight is 453 g/mol. The van der Waals surface area contributed by atoms with Crippen molar-refractivity contribution >= 4 is 11.9 Å². The smallest absolute Gasteiger partial charge is 0.343 e. The lowest BCUT2D eigenvalue weighted by atomic mass is 10.1. The van der Waals surface area contributed by atoms with E-state index in [1.807, 2.05) is 37.3 Å². The van der Waals surface area contributed by atoms with Crippen molar-refractivity contribution in [2.75, 3.05) is 13.2 Å². The minimum absolute atomic E-state index is 0.338. The zero-order chi connectivity index (χ0) is 23.7. The highest BCUT2D eigenvalue weighted by molar-refractivity contribution is 5.91. The van der Waals surface area contributed by atoms with E-state index in [9.17, 15) is 9.59 Å². The summed E-state index contributed by atoms with van der Waals surface area (Å²) < 4.78 is 16.2. The number of hydrogen-bond acceptors (Lipinski definition) is 5. The molecule has 0 amide bonds. The first-order chi connectivity index (χ1) is 16.1. The van der Waals surface area contributed by atoms with Crippen LogP contribution in [0, 0.1) is 6.92 Å². The third-order valence-corrected chi connectivity index (χ3v) is 5.35. The van der Waals surface area contributed by atoms with Crippen LogP contribution in [0.1, 0.15) is 73.7 Å². The molecule has 0 aromatic heterocycles. The Kier molecular flexibility index (Phi) is 12.4. The van der Waals surface area contributed by atoms with E-state index in [1.54, 1.807) is 18.2 Å². The lowest BCUT2D eigenvalue weighted by Gasteiger charge is -2.09. The van der Waals surface area contributed by atoms with Gasteiger partial charge in [0.2, 0.25) is 0 Å². The summed E-state index contributed by atoms with van der Waals surface area (Å²) in [7, 11) is 0. The molecular weight excluding hydrogens is 416 g/mol. The lowest BCUT2D eigenvalue weighted by molar-refractivity contribution is -0.137. The minimum Gasteiger partial charge on any atom is -0.494 e. The Morgan fingerprint density at radius 3 is 1.97 bits per heavy atom. The molecule has 2 aromatic carbocycles. The number of unbranched alkanes of at least 4 members (excludes halogenated alkanes) is 8. The lowest BCUT2D eigenvalue weighted by Crippen LogP contribution is -2.09. The highest BCUT2D eigenvalue weighted by Gasteiger charge is 2.10. The summed E-state index contributed by atoms with van der Waals surface area (Å²) >= 11 is 0. The van der Waals surface area contributed by atoms with Crippen LogP contribution in [0.2, 0.25) is 0 Å². The van der Waals surface area contributed by atoms with Crippen molar-refractivity contribution in [3.05, 3.63) is 72.3 Å². The van der Waals surface area contributed by atoms with Crippen LogP contribution in [0.25, 0.3) is 0 Å². The second kappa shape index (κ2) is 15.7. The van der Waals surface area contributed by atoms with E-state index in [-0.39, 0.29) is 11.9 Å². The van der Waals surface area contributed by atoms with Crippen LogP contribution in [0.5, 0.6) is 11.5 Å². The topological polar surface area (TPSA) is 61.8 Å². The highest BCUT2D eigenvalue weighted by Crippen LogP contribution is 2.19. The van der Waals surface area contributed by atoms with Crippen molar-refractivity contribution in [2.45, 2.75) is 64.7 Å². The van der Waals surface area contributed by atoms with Crippen molar-refractivity contribution in [1.82, 2.24) is 0 Å². The molecule has 2 rings (SSSR count). The summed E-state index contributed by atoms with van der Waals surface area (Å²) in [5, 5.41) is 0. The Labute approximate surface area is 197 Å². The van der Waals surface area contributed by atoms with Crippen LogP contribution in [0.15, 0.2) is 61.2 Å². The van der Waals surface area contributed by atoms with Gasteiger partial charge in [-0.25, -0.2) is 9.59 Å². The quantitative estimate of drug-likeness (QED) is 0.121. The van der Waals surface area contributed by atoms with Crippen LogP contribution >= 0.6 is 0 Å². The zero-order valence-electron chi connectivity index (χ0n) is 19.7. The Hall–Kier alpha value is -3.08. The number of hydrogen-bond donors (Lipinski definition) is 0. The van der Waals surface area contributed by atoms with Gasteiger partial charge in [-0.3, -0.25) is 0 Å². The molecule has 0 aliphatic carbocycles. The van der Waals surface area contributed by atoms with Gasteiger partial charge in [0.1, 0.15) is 11.5 Å². The van der Waals surface area contributed by atoms with Crippen LogP contribution in [0.4, 0.5) is 0 Å². The predicted octanol–water partition coefficient (Wildman–Crippen LogP) is 6.83. The number of carbonyl (C=O) groups is 2. The van der Waals surface area contributed by atoms with Crippen molar-refractivity contribution in [1.29, 1.82) is 0 Å². The average Bonchev–Trinajstić information content (AvgIpc) is 2.83. The molecule has 0 saturated carbocycles. The molecule has 0 spiro atoms. The number of benzene rings is 2. The molecular formula is C28H36O5. The third-order valence-electron chi connectivity index (χ3n) is 5.35. The molecule has 2 aromatic rings. The van der Waals surface area contributed by atoms with E-state index < -0.39 is 0 Å². The van der Waals surface area contributed by atoms with Crippen molar-refractivity contribution in [2.24, 2.45) is 0 Å². The van der Waals surface area contributed by atoms with Gasteiger partial charge in [0.25, 0.3) is 0 Å². The summed E-state index contributed by atoms with van der Waals surface area (Å²) in [4.78, 5) is 23.2. The molecule has 0 unspecified atom stereocenters. The van der Waals surface area contributed by atoms with Crippen LogP contribution in [-0.2, 0) is 9.53 Å². The van der Waals surface area contributed by atoms with E-state index >= 15 is 0 Å². The van der Waals surface area contributed by atoms with Gasteiger partial charge in [-0.1, -0.05) is 69.7 Å². The summed E-state index contributed by atoms with van der Waals surface area (Å²) in [6.45, 7) is 6.46. The van der Waals surface area contributed by atoms with Crippen LogP contribution < -0.4 is 9.47 Å². The molecule has 33 heavy (non-hydrogen) atoms. The maximum Gasteiger partial charge on any atom is 0.343 e. The van der Waals surface area contributed by atoms with E-state index in [1.165, 1.54) is 38.2 Å². The SMILES string of the molecule is C=CC(=O)OCCCCCCCCCCCOc1ccc(C(=O)Oc2ccccc2C)cc1. The number of rotatable bonds is 16. The largest absolute Gasteiger partial charge is 0.494 e.